The molecule has 336 valence electrons. The van der Waals surface area contributed by atoms with Gasteiger partial charge in [0, 0.05) is 57.6 Å². The lowest BCUT2D eigenvalue weighted by Crippen LogP contribution is -2.64. The highest BCUT2D eigenvalue weighted by molar-refractivity contribution is 5.73. The average molecular weight is 828 g/mol. The van der Waals surface area contributed by atoms with Gasteiger partial charge in [0.25, 0.3) is 0 Å². The summed E-state index contributed by atoms with van der Waals surface area (Å²) in [5.41, 5.74) is 15.3. The number of nitrogens with zero attached hydrogens (tertiary/aromatic N) is 2. The van der Waals surface area contributed by atoms with E-state index in [-0.39, 0.29) is 36.6 Å². The summed E-state index contributed by atoms with van der Waals surface area (Å²) >= 11 is 0. The first-order valence-corrected chi connectivity index (χ1v) is 22.5. The summed E-state index contributed by atoms with van der Waals surface area (Å²) in [4.78, 5) is 16.3. The average Bonchev–Trinajstić information content (AvgIpc) is 3.70. The Morgan fingerprint density at radius 3 is 1.90 bits per heavy atom. The van der Waals surface area contributed by atoms with E-state index in [0.717, 1.165) is 44.2 Å². The van der Waals surface area contributed by atoms with E-state index < -0.39 is 24.5 Å². The second kappa shape index (κ2) is 28.9. The summed E-state index contributed by atoms with van der Waals surface area (Å²) in [6, 6.07) is 19.6. The first-order chi connectivity index (χ1) is 28.5. The molecule has 0 amide bonds. The molecule has 9 atom stereocenters. The number of aliphatic carboxylic acids is 1. The molecule has 0 spiro atoms. The third-order valence-electron chi connectivity index (χ3n) is 11.1. The minimum absolute atomic E-state index is 0.101. The van der Waals surface area contributed by atoms with E-state index in [1.54, 1.807) is 0 Å². The largest absolute Gasteiger partial charge is 0.480 e. The van der Waals surface area contributed by atoms with Crippen LogP contribution in [0.1, 0.15) is 91.2 Å². The summed E-state index contributed by atoms with van der Waals surface area (Å²) < 4.78 is 26.2. The maximum atomic E-state index is 12.0. The fourth-order valence-electron chi connectivity index (χ4n) is 8.25. The minimum Gasteiger partial charge on any atom is -0.480 e. The third-order valence-corrected chi connectivity index (χ3v) is 11.1. The maximum Gasteiger partial charge on any atom is 0.320 e. The number of carboxylic acid groups (broad SMARTS) is 1. The van der Waals surface area contributed by atoms with Crippen molar-refractivity contribution in [3.05, 3.63) is 71.8 Å². The number of unbranched alkanes of at least 4 members (excludes halogenated alkanes) is 1. The van der Waals surface area contributed by atoms with Crippen molar-refractivity contribution in [2.45, 2.75) is 148 Å². The fraction of sp³-hybridized carbons (Fsp3) is 0.717. The lowest BCUT2D eigenvalue weighted by molar-refractivity contribution is -0.142. The van der Waals surface area contributed by atoms with Crippen molar-refractivity contribution in [2.75, 3.05) is 59.7 Å². The third kappa shape index (κ3) is 18.2. The van der Waals surface area contributed by atoms with Crippen molar-refractivity contribution >= 4 is 5.97 Å². The zero-order chi connectivity index (χ0) is 43.0. The molecule has 3 rings (SSSR count). The Morgan fingerprint density at radius 1 is 0.797 bits per heavy atom. The molecule has 8 N–H and O–H groups in total. The minimum atomic E-state index is -0.744. The molecule has 1 heterocycles. The summed E-state index contributed by atoms with van der Waals surface area (Å²) in [6.45, 7) is 17.3. The van der Waals surface area contributed by atoms with Gasteiger partial charge in [-0.3, -0.25) is 30.5 Å². The number of nitrogens with two attached hydrogens (primary N) is 2. The number of benzene rings is 2. The van der Waals surface area contributed by atoms with Gasteiger partial charge in [-0.15, -0.1) is 0 Å². The Labute approximate surface area is 356 Å². The van der Waals surface area contributed by atoms with Gasteiger partial charge in [0.2, 0.25) is 0 Å². The Morgan fingerprint density at radius 2 is 1.34 bits per heavy atom. The monoisotopic (exact) mass is 828 g/mol. The van der Waals surface area contributed by atoms with Gasteiger partial charge in [-0.05, 0) is 110 Å². The summed E-state index contributed by atoms with van der Waals surface area (Å²) in [5.74, 6) is -0.398. The van der Waals surface area contributed by atoms with Crippen LogP contribution in [0.15, 0.2) is 60.7 Å². The Hall–Kier alpha value is -2.53. The Balaban J connectivity index is 1.96. The molecule has 13 nitrogen and oxygen atoms in total. The summed E-state index contributed by atoms with van der Waals surface area (Å²) in [5, 5.41) is 21.6. The Bertz CT molecular complexity index is 1360. The van der Waals surface area contributed by atoms with E-state index in [2.05, 4.69) is 83.0 Å². The fourth-order valence-corrected chi connectivity index (χ4v) is 8.25. The second-order valence-electron chi connectivity index (χ2n) is 16.3. The van der Waals surface area contributed by atoms with Crippen LogP contribution in [0.5, 0.6) is 0 Å². The second-order valence-corrected chi connectivity index (χ2v) is 16.3. The van der Waals surface area contributed by atoms with Crippen molar-refractivity contribution in [3.8, 4) is 0 Å². The smallest absolute Gasteiger partial charge is 0.320 e. The van der Waals surface area contributed by atoms with Gasteiger partial charge in [0.1, 0.15) is 31.0 Å². The molecular formula is C46H81N7O6. The highest BCUT2D eigenvalue weighted by atomic mass is 16.5. The molecule has 2 aromatic carbocycles. The SMILES string of the molecule is CCOC(N[C@H](Cc1ccccc1)C(N[C@H](CC(C)C)C(N[C@H](CCCCN)C(OCC)N(C)CCN1CCC[C@@H]1C(=O)O)OCC)OCC)[C@H](N)Cc1ccccc1. The van der Waals surface area contributed by atoms with Crippen LogP contribution in [-0.4, -0.2) is 136 Å². The number of hydrogen-bond donors (Lipinski definition) is 6. The predicted molar refractivity (Wildman–Crippen MR) is 238 cm³/mol. The highest BCUT2D eigenvalue weighted by Gasteiger charge is 2.37. The summed E-state index contributed by atoms with van der Waals surface area (Å²) in [6.07, 6.45) is 4.87. The van der Waals surface area contributed by atoms with Gasteiger partial charge >= 0.3 is 5.97 Å². The number of likely N-dealkylation sites (N-methyl/N-ethyl adjacent to an activating group) is 1. The molecule has 59 heavy (non-hydrogen) atoms. The van der Waals surface area contributed by atoms with Crippen LogP contribution in [0.25, 0.3) is 0 Å². The molecule has 4 unspecified atom stereocenters. The molecule has 1 aliphatic heterocycles. The number of carbonyl (C=O) groups is 1. The lowest BCUT2D eigenvalue weighted by Gasteiger charge is -2.41. The quantitative estimate of drug-likeness (QED) is 0.0430. The van der Waals surface area contributed by atoms with Crippen LogP contribution in [0.2, 0.25) is 0 Å². The zero-order valence-corrected chi connectivity index (χ0v) is 37.4. The number of nitrogens with one attached hydrogen (secondary N) is 3. The van der Waals surface area contributed by atoms with Crippen molar-refractivity contribution < 1.29 is 28.8 Å². The zero-order valence-electron chi connectivity index (χ0n) is 37.4. The van der Waals surface area contributed by atoms with Gasteiger partial charge in [-0.1, -0.05) is 80.9 Å². The van der Waals surface area contributed by atoms with Crippen LogP contribution in [-0.2, 0) is 36.6 Å². The normalized spacial score (nSPS) is 19.1. The molecular weight excluding hydrogens is 747 g/mol. The van der Waals surface area contributed by atoms with Crippen LogP contribution in [0, 0.1) is 5.92 Å². The number of likely N-dealkylation sites (tertiary alicyclic amines) is 1. The molecule has 1 aliphatic rings. The lowest BCUT2D eigenvalue weighted by atomic mass is 9.98. The topological polar surface area (TPSA) is 169 Å². The van der Waals surface area contributed by atoms with E-state index in [9.17, 15) is 9.90 Å². The molecule has 0 saturated carbocycles. The van der Waals surface area contributed by atoms with E-state index in [1.807, 2.05) is 52.0 Å². The Kier molecular flexibility index (Phi) is 24.9. The molecule has 0 aliphatic carbocycles. The van der Waals surface area contributed by atoms with E-state index in [4.69, 9.17) is 30.4 Å². The van der Waals surface area contributed by atoms with Crippen molar-refractivity contribution in [3.63, 3.8) is 0 Å². The van der Waals surface area contributed by atoms with Gasteiger partial charge < -0.3 is 35.5 Å². The number of carboxylic acids is 1. The molecule has 0 aromatic heterocycles. The van der Waals surface area contributed by atoms with Crippen LogP contribution in [0.3, 0.4) is 0 Å². The molecule has 13 heteroatoms. The standard InChI is InChI=1S/C46H81N7O6/c1-8-56-42(37(48)32-35-21-14-12-15-22-35)50-40(33-36-23-16-13-17-24-36)44(58-10-3)51-39(31-34(5)6)43(57-9-2)49-38(25-18-19-27-47)45(59-11-4)52(7)29-30-53-28-20-26-41(53)46(54)55/h12-17,21-24,34,37-45,49-51H,8-11,18-20,25-33,47-48H2,1-7H3,(H,54,55)/t37-,38-,39-,40-,41-,42?,43?,44?,45?/m1/s1. The molecule has 0 bridgehead atoms. The van der Waals surface area contributed by atoms with Gasteiger partial charge in [-0.25, -0.2) is 0 Å². The number of hydrogen-bond acceptors (Lipinski definition) is 12. The van der Waals surface area contributed by atoms with Crippen molar-refractivity contribution in [2.24, 2.45) is 17.4 Å². The number of rotatable bonds is 33. The van der Waals surface area contributed by atoms with Crippen molar-refractivity contribution in [1.29, 1.82) is 0 Å². The van der Waals surface area contributed by atoms with E-state index in [1.165, 1.54) is 5.56 Å². The molecule has 1 fully saturated rings. The van der Waals surface area contributed by atoms with Crippen molar-refractivity contribution in [1.82, 2.24) is 25.8 Å². The molecule has 1 saturated heterocycles. The van der Waals surface area contributed by atoms with Gasteiger partial charge in [0.15, 0.2) is 0 Å². The van der Waals surface area contributed by atoms with Gasteiger partial charge in [-0.2, -0.15) is 0 Å². The van der Waals surface area contributed by atoms with E-state index >= 15 is 0 Å². The van der Waals surface area contributed by atoms with Crippen LogP contribution in [0.4, 0.5) is 0 Å². The molecule has 2 aromatic rings. The maximum absolute atomic E-state index is 12.0. The molecule has 0 radical (unpaired) electrons. The highest BCUT2D eigenvalue weighted by Crippen LogP contribution is 2.21. The first-order valence-electron chi connectivity index (χ1n) is 22.5. The number of ether oxygens (including phenoxy) is 4. The van der Waals surface area contributed by atoms with Crippen LogP contribution < -0.4 is 27.4 Å². The predicted octanol–water partition coefficient (Wildman–Crippen LogP) is 4.78. The first kappa shape index (κ1) is 50.8. The summed E-state index contributed by atoms with van der Waals surface area (Å²) in [7, 11) is 2.07. The van der Waals surface area contributed by atoms with E-state index in [0.29, 0.717) is 71.2 Å². The van der Waals surface area contributed by atoms with Crippen LogP contribution >= 0.6 is 0 Å². The van der Waals surface area contributed by atoms with Gasteiger partial charge in [0.05, 0.1) is 6.04 Å².